The fraction of sp³-hybridized carbons (Fsp3) is 0.211. The molecular formula is C19H13F3N4OS. The number of thioether (sulfide) groups is 1. The van der Waals surface area contributed by atoms with Gasteiger partial charge in [-0.15, -0.1) is 0 Å². The Hall–Kier alpha value is -2.99. The van der Waals surface area contributed by atoms with Crippen LogP contribution in [0.15, 0.2) is 47.6 Å². The van der Waals surface area contributed by atoms with Gasteiger partial charge in [0.25, 0.3) is 0 Å². The lowest BCUT2D eigenvalue weighted by atomic mass is 10.2. The standard InChI is InChI=1S/C19H13F3N4OS/c20-19(21,22)12-3-6-14-15(9-12)25-18(24-14)28-16-7-8-26(17(16)27)13-4-1-11(10-23)2-5-13/h1-6,9,16H,7-8H2,(H,24,25). The van der Waals surface area contributed by atoms with Crippen LogP contribution in [0.5, 0.6) is 0 Å². The van der Waals surface area contributed by atoms with E-state index < -0.39 is 11.7 Å². The summed E-state index contributed by atoms with van der Waals surface area (Å²) in [5.74, 6) is -0.0915. The fourth-order valence-corrected chi connectivity index (χ4v) is 4.13. The molecule has 28 heavy (non-hydrogen) atoms. The largest absolute Gasteiger partial charge is 0.416 e. The van der Waals surface area contributed by atoms with Crippen molar-refractivity contribution < 1.29 is 18.0 Å². The Morgan fingerprint density at radius 2 is 1.96 bits per heavy atom. The fourth-order valence-electron chi connectivity index (χ4n) is 3.09. The number of rotatable bonds is 3. The summed E-state index contributed by atoms with van der Waals surface area (Å²) in [4.78, 5) is 21.5. The molecule has 0 radical (unpaired) electrons. The van der Waals surface area contributed by atoms with E-state index in [4.69, 9.17) is 5.26 Å². The van der Waals surface area contributed by atoms with Crippen LogP contribution in [0.2, 0.25) is 0 Å². The van der Waals surface area contributed by atoms with Crippen LogP contribution in [0.3, 0.4) is 0 Å². The quantitative estimate of drug-likeness (QED) is 0.707. The number of alkyl halides is 3. The highest BCUT2D eigenvalue weighted by Gasteiger charge is 2.34. The minimum absolute atomic E-state index is 0.0915. The minimum Gasteiger partial charge on any atom is -0.333 e. The van der Waals surface area contributed by atoms with Crippen molar-refractivity contribution in [3.05, 3.63) is 53.6 Å². The van der Waals surface area contributed by atoms with E-state index in [0.717, 1.165) is 12.1 Å². The third-order valence-electron chi connectivity index (χ3n) is 4.51. The van der Waals surface area contributed by atoms with Crippen molar-refractivity contribution in [2.75, 3.05) is 11.4 Å². The number of carbonyl (C=O) groups is 1. The Morgan fingerprint density at radius 3 is 2.64 bits per heavy atom. The molecule has 1 aliphatic rings. The van der Waals surface area contributed by atoms with Gasteiger partial charge in [-0.3, -0.25) is 4.79 Å². The normalized spacial score (nSPS) is 17.3. The molecule has 3 aromatic rings. The Morgan fingerprint density at radius 1 is 1.21 bits per heavy atom. The topological polar surface area (TPSA) is 72.8 Å². The number of aromatic nitrogens is 2. The van der Waals surface area contributed by atoms with Crippen LogP contribution >= 0.6 is 11.8 Å². The predicted molar refractivity (Wildman–Crippen MR) is 98.9 cm³/mol. The van der Waals surface area contributed by atoms with Crippen LogP contribution in [0.25, 0.3) is 11.0 Å². The van der Waals surface area contributed by atoms with Crippen molar-refractivity contribution >= 4 is 34.4 Å². The van der Waals surface area contributed by atoms with Gasteiger partial charge in [0.2, 0.25) is 5.91 Å². The average Bonchev–Trinajstić information content (AvgIpc) is 3.24. The van der Waals surface area contributed by atoms with Crippen molar-refractivity contribution in [1.82, 2.24) is 9.97 Å². The van der Waals surface area contributed by atoms with Gasteiger partial charge >= 0.3 is 6.18 Å². The zero-order chi connectivity index (χ0) is 19.9. The second kappa shape index (κ2) is 6.87. The zero-order valence-corrected chi connectivity index (χ0v) is 15.1. The molecule has 0 saturated carbocycles. The third-order valence-corrected chi connectivity index (χ3v) is 5.64. The van der Waals surface area contributed by atoms with E-state index in [1.54, 1.807) is 29.2 Å². The number of halogens is 3. The molecule has 1 fully saturated rings. The van der Waals surface area contributed by atoms with Crippen molar-refractivity contribution in [2.24, 2.45) is 0 Å². The monoisotopic (exact) mass is 402 g/mol. The number of nitriles is 1. The molecule has 4 rings (SSSR count). The molecule has 0 spiro atoms. The van der Waals surface area contributed by atoms with Gasteiger partial charge in [-0.1, -0.05) is 11.8 Å². The number of amides is 1. The SMILES string of the molecule is N#Cc1ccc(N2CCC(Sc3nc4ccc(C(F)(F)F)cc4[nH]3)C2=O)cc1. The van der Waals surface area contributed by atoms with Crippen molar-refractivity contribution in [3.63, 3.8) is 0 Å². The number of benzene rings is 2. The van der Waals surface area contributed by atoms with E-state index in [9.17, 15) is 18.0 Å². The van der Waals surface area contributed by atoms with E-state index in [2.05, 4.69) is 9.97 Å². The van der Waals surface area contributed by atoms with Gasteiger partial charge in [-0.2, -0.15) is 18.4 Å². The van der Waals surface area contributed by atoms with Gasteiger partial charge in [0.15, 0.2) is 5.16 Å². The van der Waals surface area contributed by atoms with Gasteiger partial charge in [0.05, 0.1) is 33.5 Å². The highest BCUT2D eigenvalue weighted by Crippen LogP contribution is 2.34. The van der Waals surface area contributed by atoms with E-state index in [-0.39, 0.29) is 16.7 Å². The van der Waals surface area contributed by atoms with Crippen LogP contribution in [-0.2, 0) is 11.0 Å². The molecular weight excluding hydrogens is 389 g/mol. The van der Waals surface area contributed by atoms with E-state index in [0.29, 0.717) is 34.9 Å². The molecule has 2 aromatic carbocycles. The Balaban J connectivity index is 1.51. The van der Waals surface area contributed by atoms with Gasteiger partial charge in [-0.05, 0) is 48.9 Å². The van der Waals surface area contributed by atoms with Crippen LogP contribution < -0.4 is 4.90 Å². The van der Waals surface area contributed by atoms with Crippen molar-refractivity contribution in [3.8, 4) is 6.07 Å². The molecule has 142 valence electrons. The summed E-state index contributed by atoms with van der Waals surface area (Å²) >= 11 is 1.21. The van der Waals surface area contributed by atoms with Crippen molar-refractivity contribution in [2.45, 2.75) is 23.0 Å². The summed E-state index contributed by atoms with van der Waals surface area (Å²) in [7, 11) is 0. The molecule has 5 nitrogen and oxygen atoms in total. The van der Waals surface area contributed by atoms with Crippen molar-refractivity contribution in [1.29, 1.82) is 5.26 Å². The molecule has 9 heteroatoms. The number of anilines is 1. The van der Waals surface area contributed by atoms with Crippen LogP contribution in [0, 0.1) is 11.3 Å². The van der Waals surface area contributed by atoms with Gasteiger partial charge in [-0.25, -0.2) is 4.98 Å². The highest BCUT2D eigenvalue weighted by molar-refractivity contribution is 8.00. The molecule has 1 unspecified atom stereocenters. The first kappa shape index (κ1) is 18.4. The van der Waals surface area contributed by atoms with Gasteiger partial charge in [0.1, 0.15) is 0 Å². The maximum Gasteiger partial charge on any atom is 0.416 e. The number of fused-ring (bicyclic) bond motifs is 1. The number of carbonyl (C=O) groups excluding carboxylic acids is 1. The van der Waals surface area contributed by atoms with Gasteiger partial charge in [0, 0.05) is 12.2 Å². The van der Waals surface area contributed by atoms with Crippen LogP contribution in [0.4, 0.5) is 18.9 Å². The molecule has 1 aliphatic heterocycles. The molecule has 1 amide bonds. The van der Waals surface area contributed by atoms with E-state index >= 15 is 0 Å². The molecule has 1 aromatic heterocycles. The summed E-state index contributed by atoms with van der Waals surface area (Å²) < 4.78 is 38.5. The first-order valence-corrected chi connectivity index (χ1v) is 9.28. The Labute approximate surface area is 162 Å². The maximum absolute atomic E-state index is 12.8. The van der Waals surface area contributed by atoms with Crippen LogP contribution in [-0.4, -0.2) is 27.7 Å². The summed E-state index contributed by atoms with van der Waals surface area (Å²) in [5, 5.41) is 8.90. The lowest BCUT2D eigenvalue weighted by Gasteiger charge is -2.16. The summed E-state index contributed by atoms with van der Waals surface area (Å²) in [6.07, 6.45) is -3.83. The first-order valence-electron chi connectivity index (χ1n) is 8.40. The second-order valence-corrected chi connectivity index (χ2v) is 7.51. The number of nitrogens with one attached hydrogen (secondary N) is 1. The van der Waals surface area contributed by atoms with Gasteiger partial charge < -0.3 is 9.88 Å². The summed E-state index contributed by atoms with van der Waals surface area (Å²) in [5.41, 5.74) is 1.19. The number of hydrogen-bond acceptors (Lipinski definition) is 4. The summed E-state index contributed by atoms with van der Waals surface area (Å²) in [6.45, 7) is 0.529. The molecule has 1 saturated heterocycles. The minimum atomic E-state index is -4.42. The number of imidazole rings is 1. The third kappa shape index (κ3) is 3.43. The smallest absolute Gasteiger partial charge is 0.333 e. The average molecular weight is 402 g/mol. The lowest BCUT2D eigenvalue weighted by molar-refractivity contribution is -0.137. The van der Waals surface area contributed by atoms with E-state index in [1.165, 1.54) is 17.8 Å². The first-order chi connectivity index (χ1) is 13.3. The molecule has 0 bridgehead atoms. The second-order valence-electron chi connectivity index (χ2n) is 6.32. The number of aromatic amines is 1. The Kier molecular flexibility index (Phi) is 4.51. The number of H-pyrrole nitrogens is 1. The number of nitrogens with zero attached hydrogens (tertiary/aromatic N) is 3. The molecule has 1 N–H and O–H groups in total. The highest BCUT2D eigenvalue weighted by atomic mass is 32.2. The lowest BCUT2D eigenvalue weighted by Crippen LogP contribution is -2.27. The Bertz CT molecular complexity index is 1090. The molecule has 2 heterocycles. The molecule has 1 atom stereocenters. The van der Waals surface area contributed by atoms with Crippen LogP contribution in [0.1, 0.15) is 17.5 Å². The molecule has 0 aliphatic carbocycles. The summed E-state index contributed by atoms with van der Waals surface area (Å²) in [6, 6.07) is 12.1. The maximum atomic E-state index is 12.8. The predicted octanol–water partition coefficient (Wildman–Crippen LogP) is 4.35. The number of hydrogen-bond donors (Lipinski definition) is 1. The van der Waals surface area contributed by atoms with E-state index in [1.807, 2.05) is 6.07 Å². The zero-order valence-electron chi connectivity index (χ0n) is 14.3.